The molecule has 1 unspecified atom stereocenters. The molecular formula is C17H26FNS. The highest BCUT2D eigenvalue weighted by Gasteiger charge is 2.25. The van der Waals surface area contributed by atoms with Crippen molar-refractivity contribution in [3.63, 3.8) is 0 Å². The average Bonchev–Trinajstić information content (AvgIpc) is 2.39. The summed E-state index contributed by atoms with van der Waals surface area (Å²) in [6, 6.07) is 5.78. The van der Waals surface area contributed by atoms with Gasteiger partial charge in [-0.05, 0) is 48.1 Å². The van der Waals surface area contributed by atoms with Gasteiger partial charge in [0.05, 0.1) is 0 Å². The van der Waals surface area contributed by atoms with Gasteiger partial charge < -0.3 is 5.32 Å². The van der Waals surface area contributed by atoms with Crippen molar-refractivity contribution in [1.29, 1.82) is 0 Å². The van der Waals surface area contributed by atoms with Gasteiger partial charge in [-0.2, -0.15) is 0 Å². The van der Waals surface area contributed by atoms with Gasteiger partial charge in [-0.3, -0.25) is 0 Å². The SMILES string of the molecule is CC(C)C(CNC1CCSc2c(F)cccc21)C(C)C. The summed E-state index contributed by atoms with van der Waals surface area (Å²) in [6.45, 7) is 10.2. The zero-order valence-corrected chi connectivity index (χ0v) is 13.8. The quantitative estimate of drug-likeness (QED) is 0.831. The Balaban J connectivity index is 2.07. The molecule has 0 aromatic heterocycles. The highest BCUT2D eigenvalue weighted by atomic mass is 32.2. The van der Waals surface area contributed by atoms with E-state index in [1.54, 1.807) is 17.8 Å². The fourth-order valence-electron chi connectivity index (χ4n) is 3.12. The molecule has 1 N–H and O–H groups in total. The van der Waals surface area contributed by atoms with Crippen molar-refractivity contribution in [3.8, 4) is 0 Å². The Morgan fingerprint density at radius 3 is 2.60 bits per heavy atom. The van der Waals surface area contributed by atoms with Crippen molar-refractivity contribution in [3.05, 3.63) is 29.6 Å². The minimum absolute atomic E-state index is 0.0664. The number of halogens is 1. The van der Waals surface area contributed by atoms with Crippen LogP contribution in [0, 0.1) is 23.6 Å². The van der Waals surface area contributed by atoms with Crippen LogP contribution in [0.3, 0.4) is 0 Å². The number of fused-ring (bicyclic) bond motifs is 1. The first kappa shape index (κ1) is 15.8. The Morgan fingerprint density at radius 1 is 1.25 bits per heavy atom. The van der Waals surface area contributed by atoms with Gasteiger partial charge in [0.15, 0.2) is 0 Å². The van der Waals surface area contributed by atoms with E-state index in [0.717, 1.165) is 29.2 Å². The second kappa shape index (κ2) is 6.95. The van der Waals surface area contributed by atoms with E-state index in [1.807, 2.05) is 6.07 Å². The van der Waals surface area contributed by atoms with Gasteiger partial charge >= 0.3 is 0 Å². The maximum atomic E-state index is 13.9. The topological polar surface area (TPSA) is 12.0 Å². The second-order valence-electron chi connectivity index (χ2n) is 6.41. The second-order valence-corrected chi connectivity index (χ2v) is 7.51. The summed E-state index contributed by atoms with van der Waals surface area (Å²) in [5, 5.41) is 3.69. The molecule has 20 heavy (non-hydrogen) atoms. The molecule has 1 aliphatic heterocycles. The first-order valence-corrected chi connectivity index (χ1v) is 8.63. The van der Waals surface area contributed by atoms with Crippen molar-refractivity contribution in [2.24, 2.45) is 17.8 Å². The molecule has 0 bridgehead atoms. The van der Waals surface area contributed by atoms with Crippen LogP contribution < -0.4 is 5.32 Å². The van der Waals surface area contributed by atoms with E-state index >= 15 is 0 Å². The molecule has 1 aromatic rings. The molecule has 3 heteroatoms. The van der Waals surface area contributed by atoms with Gasteiger partial charge in [0.2, 0.25) is 0 Å². The summed E-state index contributed by atoms with van der Waals surface area (Å²) in [6.07, 6.45) is 1.09. The van der Waals surface area contributed by atoms with Crippen molar-refractivity contribution in [2.45, 2.75) is 45.1 Å². The van der Waals surface area contributed by atoms with Crippen LogP contribution in [0.15, 0.2) is 23.1 Å². The molecule has 112 valence electrons. The van der Waals surface area contributed by atoms with Gasteiger partial charge in [0.1, 0.15) is 5.82 Å². The average molecular weight is 295 g/mol. The third kappa shape index (κ3) is 3.56. The maximum absolute atomic E-state index is 13.9. The first-order valence-electron chi connectivity index (χ1n) is 7.65. The summed E-state index contributed by atoms with van der Waals surface area (Å²) in [7, 11) is 0. The van der Waals surface area contributed by atoms with Crippen LogP contribution in [-0.2, 0) is 0 Å². The Kier molecular flexibility index (Phi) is 5.50. The lowest BCUT2D eigenvalue weighted by Gasteiger charge is -2.31. The minimum atomic E-state index is -0.0664. The lowest BCUT2D eigenvalue weighted by atomic mass is 9.85. The molecule has 1 atom stereocenters. The number of benzene rings is 1. The highest BCUT2D eigenvalue weighted by Crippen LogP contribution is 2.38. The molecule has 1 nitrogen and oxygen atoms in total. The fraction of sp³-hybridized carbons (Fsp3) is 0.647. The summed E-state index contributed by atoms with van der Waals surface area (Å²) in [4.78, 5) is 0.849. The van der Waals surface area contributed by atoms with Crippen LogP contribution in [0.4, 0.5) is 4.39 Å². The Morgan fingerprint density at radius 2 is 1.95 bits per heavy atom. The number of hydrogen-bond donors (Lipinski definition) is 1. The van der Waals surface area contributed by atoms with Crippen LogP contribution in [0.25, 0.3) is 0 Å². The summed E-state index contributed by atoms with van der Waals surface area (Å²) < 4.78 is 13.9. The summed E-state index contributed by atoms with van der Waals surface area (Å²) in [5.74, 6) is 2.95. The van der Waals surface area contributed by atoms with Gasteiger partial charge in [-0.1, -0.05) is 39.8 Å². The number of nitrogens with one attached hydrogen (secondary N) is 1. The third-order valence-electron chi connectivity index (χ3n) is 4.34. The van der Waals surface area contributed by atoms with Gasteiger partial charge in [0.25, 0.3) is 0 Å². The van der Waals surface area contributed by atoms with Crippen LogP contribution in [0.2, 0.25) is 0 Å². The van der Waals surface area contributed by atoms with E-state index in [9.17, 15) is 4.39 Å². The van der Waals surface area contributed by atoms with E-state index in [0.29, 0.717) is 23.8 Å². The summed E-state index contributed by atoms with van der Waals surface area (Å²) >= 11 is 1.65. The van der Waals surface area contributed by atoms with E-state index in [1.165, 1.54) is 0 Å². The van der Waals surface area contributed by atoms with Crippen LogP contribution >= 0.6 is 11.8 Å². The zero-order valence-electron chi connectivity index (χ0n) is 12.9. The summed E-state index contributed by atoms with van der Waals surface area (Å²) in [5.41, 5.74) is 1.15. The maximum Gasteiger partial charge on any atom is 0.137 e. The number of rotatable bonds is 5. The normalized spacial score (nSPS) is 18.9. The molecular weight excluding hydrogens is 269 g/mol. The molecule has 0 amide bonds. The van der Waals surface area contributed by atoms with Crippen molar-refractivity contribution in [1.82, 2.24) is 5.32 Å². The van der Waals surface area contributed by atoms with Crippen LogP contribution in [0.5, 0.6) is 0 Å². The molecule has 0 saturated carbocycles. The van der Waals surface area contributed by atoms with Gasteiger partial charge in [0, 0.05) is 10.9 Å². The Bertz CT molecular complexity index is 437. The van der Waals surface area contributed by atoms with Crippen molar-refractivity contribution >= 4 is 11.8 Å². The van der Waals surface area contributed by atoms with E-state index in [2.05, 4.69) is 39.1 Å². The molecule has 0 aliphatic carbocycles. The first-order chi connectivity index (χ1) is 9.50. The van der Waals surface area contributed by atoms with Gasteiger partial charge in [-0.25, -0.2) is 4.39 Å². The Hall–Kier alpha value is -0.540. The molecule has 1 aliphatic rings. The largest absolute Gasteiger partial charge is 0.310 e. The highest BCUT2D eigenvalue weighted by molar-refractivity contribution is 7.99. The van der Waals surface area contributed by atoms with E-state index < -0.39 is 0 Å². The predicted octanol–water partition coefficient (Wildman–Crippen LogP) is 4.88. The minimum Gasteiger partial charge on any atom is -0.310 e. The fourth-order valence-corrected chi connectivity index (χ4v) is 4.26. The molecule has 1 aromatic carbocycles. The smallest absolute Gasteiger partial charge is 0.137 e. The molecule has 0 spiro atoms. The van der Waals surface area contributed by atoms with Crippen molar-refractivity contribution in [2.75, 3.05) is 12.3 Å². The predicted molar refractivity (Wildman–Crippen MR) is 85.7 cm³/mol. The van der Waals surface area contributed by atoms with E-state index in [4.69, 9.17) is 0 Å². The number of hydrogen-bond acceptors (Lipinski definition) is 2. The molecule has 0 saturated heterocycles. The molecule has 1 heterocycles. The standard InChI is InChI=1S/C17H26FNS/c1-11(2)14(12(3)4)10-19-16-8-9-20-17-13(16)6-5-7-15(17)18/h5-7,11-12,14,16,19H,8-10H2,1-4H3. The van der Waals surface area contributed by atoms with Gasteiger partial charge in [-0.15, -0.1) is 11.8 Å². The van der Waals surface area contributed by atoms with Crippen LogP contribution in [-0.4, -0.2) is 12.3 Å². The molecule has 0 fully saturated rings. The lowest BCUT2D eigenvalue weighted by Crippen LogP contribution is -2.33. The van der Waals surface area contributed by atoms with Crippen LogP contribution in [0.1, 0.15) is 45.7 Å². The van der Waals surface area contributed by atoms with E-state index in [-0.39, 0.29) is 5.82 Å². The Labute approximate surface area is 126 Å². The molecule has 0 radical (unpaired) electrons. The molecule has 2 rings (SSSR count). The number of thioether (sulfide) groups is 1. The van der Waals surface area contributed by atoms with Crippen molar-refractivity contribution < 1.29 is 4.39 Å². The third-order valence-corrected chi connectivity index (χ3v) is 5.50. The monoisotopic (exact) mass is 295 g/mol. The zero-order chi connectivity index (χ0) is 14.7. The lowest BCUT2D eigenvalue weighted by molar-refractivity contribution is 0.263.